The molecule has 1 aliphatic rings. The average Bonchev–Trinajstić information content (AvgIpc) is 3.05. The Bertz CT molecular complexity index is 1110. The maximum absolute atomic E-state index is 4.03. The topological polar surface area (TPSA) is 12.0 Å². The molecule has 0 aromatic heterocycles. The monoisotopic (exact) mass is 574 g/mol. The summed E-state index contributed by atoms with van der Waals surface area (Å²) >= 11 is 0. The minimum Gasteiger partial charge on any atom is -0.355 e. The predicted octanol–water partition coefficient (Wildman–Crippen LogP) is 13.1. The van der Waals surface area contributed by atoms with Crippen molar-refractivity contribution in [2.75, 3.05) is 5.32 Å². The molecule has 42 heavy (non-hydrogen) atoms. The van der Waals surface area contributed by atoms with Gasteiger partial charge in [-0.25, -0.2) is 0 Å². The van der Waals surface area contributed by atoms with E-state index in [1.165, 1.54) is 66.6 Å². The van der Waals surface area contributed by atoms with Crippen molar-refractivity contribution >= 4 is 11.4 Å². The first-order chi connectivity index (χ1) is 19.7. The maximum Gasteiger partial charge on any atom is 0.0452 e. The quantitative estimate of drug-likeness (QED) is 0.223. The molecule has 2 aromatic carbocycles. The van der Waals surface area contributed by atoms with Crippen LogP contribution in [-0.2, 0) is 12.8 Å². The summed E-state index contributed by atoms with van der Waals surface area (Å²) in [7, 11) is 0. The molecular formula is C41H67N. The van der Waals surface area contributed by atoms with Gasteiger partial charge in [0.05, 0.1) is 0 Å². The highest BCUT2D eigenvalue weighted by Gasteiger charge is 2.24. The third-order valence-corrected chi connectivity index (χ3v) is 9.88. The molecule has 0 radical (unpaired) electrons. The summed E-state index contributed by atoms with van der Waals surface area (Å²) in [4.78, 5) is 0. The van der Waals surface area contributed by atoms with Crippen molar-refractivity contribution in [2.45, 2.75) is 152 Å². The van der Waals surface area contributed by atoms with Crippen LogP contribution >= 0.6 is 0 Å². The lowest BCUT2D eigenvalue weighted by Gasteiger charge is -2.26. The van der Waals surface area contributed by atoms with E-state index in [1.54, 1.807) is 11.1 Å². The van der Waals surface area contributed by atoms with Gasteiger partial charge in [0, 0.05) is 11.4 Å². The van der Waals surface area contributed by atoms with Crippen molar-refractivity contribution in [3.8, 4) is 0 Å². The van der Waals surface area contributed by atoms with E-state index in [4.69, 9.17) is 0 Å². The van der Waals surface area contributed by atoms with Crippen molar-refractivity contribution in [3.05, 3.63) is 58.1 Å². The highest BCUT2D eigenvalue weighted by atomic mass is 14.9. The molecule has 6 atom stereocenters. The summed E-state index contributed by atoms with van der Waals surface area (Å²) in [6.07, 6.45) is 10.0. The molecular weight excluding hydrogens is 506 g/mol. The number of anilines is 2. The summed E-state index contributed by atoms with van der Waals surface area (Å²) < 4.78 is 0. The zero-order valence-corrected chi connectivity index (χ0v) is 29.7. The van der Waals surface area contributed by atoms with E-state index in [0.717, 1.165) is 48.3 Å². The SMILES string of the molecule is CC(C)CC(C)CC(C)c1ccc2c(c1)CCc1cc(C(C)CC(C)CC(C)C)cc(C(C)CC(C)CC(C)C)c1N2. The molecule has 236 valence electrons. The molecule has 1 aliphatic heterocycles. The largest absolute Gasteiger partial charge is 0.355 e. The van der Waals surface area contributed by atoms with Crippen molar-refractivity contribution in [1.29, 1.82) is 0 Å². The van der Waals surface area contributed by atoms with E-state index < -0.39 is 0 Å². The maximum atomic E-state index is 4.03. The first-order valence-corrected chi connectivity index (χ1v) is 17.8. The van der Waals surface area contributed by atoms with Gasteiger partial charge in [-0.15, -0.1) is 0 Å². The predicted molar refractivity (Wildman–Crippen MR) is 189 cm³/mol. The molecule has 0 bridgehead atoms. The van der Waals surface area contributed by atoms with Gasteiger partial charge in [-0.2, -0.15) is 0 Å². The molecule has 0 spiro atoms. The molecule has 2 aromatic rings. The lowest BCUT2D eigenvalue weighted by molar-refractivity contribution is 0.390. The van der Waals surface area contributed by atoms with Crippen LogP contribution in [0.1, 0.15) is 167 Å². The van der Waals surface area contributed by atoms with Crippen molar-refractivity contribution in [1.82, 2.24) is 0 Å². The Labute approximate surface area is 262 Å². The van der Waals surface area contributed by atoms with Crippen LogP contribution in [0.25, 0.3) is 0 Å². The molecule has 3 rings (SSSR count). The highest BCUT2D eigenvalue weighted by Crippen LogP contribution is 2.42. The number of nitrogens with one attached hydrogen (secondary N) is 1. The van der Waals surface area contributed by atoms with E-state index >= 15 is 0 Å². The van der Waals surface area contributed by atoms with Crippen molar-refractivity contribution in [2.24, 2.45) is 35.5 Å². The van der Waals surface area contributed by atoms with E-state index in [2.05, 4.69) is 119 Å². The number of hydrogen-bond acceptors (Lipinski definition) is 1. The van der Waals surface area contributed by atoms with Gasteiger partial charge in [-0.1, -0.05) is 107 Å². The fourth-order valence-electron chi connectivity index (χ4n) is 8.34. The van der Waals surface area contributed by atoms with E-state index in [1.807, 2.05) is 0 Å². The Kier molecular flexibility index (Phi) is 13.1. The van der Waals surface area contributed by atoms with Gasteiger partial charge in [0.25, 0.3) is 0 Å². The zero-order chi connectivity index (χ0) is 31.1. The number of fused-ring (bicyclic) bond motifs is 2. The molecule has 1 nitrogen and oxygen atoms in total. The first-order valence-electron chi connectivity index (χ1n) is 17.8. The van der Waals surface area contributed by atoms with E-state index in [-0.39, 0.29) is 0 Å². The Morgan fingerprint density at radius 1 is 0.500 bits per heavy atom. The molecule has 0 amide bonds. The Morgan fingerprint density at radius 2 is 0.952 bits per heavy atom. The minimum absolute atomic E-state index is 0.545. The summed E-state index contributed by atoms with van der Waals surface area (Å²) in [5.41, 5.74) is 10.4. The van der Waals surface area contributed by atoms with Gasteiger partial charge in [-0.05, 0) is 139 Å². The normalized spacial score (nSPS) is 17.7. The average molecular weight is 574 g/mol. The molecule has 1 heterocycles. The van der Waals surface area contributed by atoms with Gasteiger partial charge in [0.2, 0.25) is 0 Å². The Morgan fingerprint density at radius 3 is 1.48 bits per heavy atom. The summed E-state index contributed by atoms with van der Waals surface area (Å²) in [5, 5.41) is 4.03. The number of rotatable bonds is 15. The summed E-state index contributed by atoms with van der Waals surface area (Å²) in [5.74, 6) is 6.31. The lowest BCUT2D eigenvalue weighted by Crippen LogP contribution is -2.11. The Hall–Kier alpha value is -1.76. The standard InChI is InChI=1S/C41H67N/c1-26(2)17-29(7)20-32(10)35-15-16-40-36(23-35)13-14-37-24-38(33(11)21-30(8)18-27(3)4)25-39(41(37)42-40)34(12)22-31(9)19-28(5)6/h15-16,23-34,42H,13-14,17-22H2,1-12H3. The third-order valence-electron chi connectivity index (χ3n) is 9.88. The van der Waals surface area contributed by atoms with Crippen molar-refractivity contribution < 1.29 is 0 Å². The van der Waals surface area contributed by atoms with Crippen LogP contribution in [0.3, 0.4) is 0 Å². The zero-order valence-electron chi connectivity index (χ0n) is 29.7. The fourth-order valence-corrected chi connectivity index (χ4v) is 8.34. The molecule has 0 saturated heterocycles. The highest BCUT2D eigenvalue weighted by molar-refractivity contribution is 5.73. The van der Waals surface area contributed by atoms with Crippen LogP contribution in [0, 0.1) is 35.5 Å². The fraction of sp³-hybridized carbons (Fsp3) is 0.707. The lowest BCUT2D eigenvalue weighted by atomic mass is 9.81. The van der Waals surface area contributed by atoms with E-state index in [9.17, 15) is 0 Å². The van der Waals surface area contributed by atoms with Gasteiger partial charge in [0.15, 0.2) is 0 Å². The second-order valence-corrected chi connectivity index (χ2v) is 16.3. The third kappa shape index (κ3) is 10.2. The number of benzene rings is 2. The number of hydrogen-bond donors (Lipinski definition) is 1. The van der Waals surface area contributed by atoms with E-state index in [0.29, 0.717) is 17.8 Å². The second-order valence-electron chi connectivity index (χ2n) is 16.3. The van der Waals surface area contributed by atoms with Gasteiger partial charge >= 0.3 is 0 Å². The summed E-state index contributed by atoms with van der Waals surface area (Å²) in [6, 6.07) is 12.5. The molecule has 0 fully saturated rings. The molecule has 1 heteroatoms. The van der Waals surface area contributed by atoms with Crippen molar-refractivity contribution in [3.63, 3.8) is 0 Å². The van der Waals surface area contributed by atoms with Crippen LogP contribution in [-0.4, -0.2) is 0 Å². The smallest absolute Gasteiger partial charge is 0.0452 e. The van der Waals surface area contributed by atoms with Crippen LogP contribution in [0.15, 0.2) is 30.3 Å². The molecule has 0 aliphatic carbocycles. The van der Waals surface area contributed by atoms with Crippen LogP contribution < -0.4 is 5.32 Å². The van der Waals surface area contributed by atoms with Crippen LogP contribution in [0.5, 0.6) is 0 Å². The van der Waals surface area contributed by atoms with Gasteiger partial charge < -0.3 is 5.32 Å². The van der Waals surface area contributed by atoms with Gasteiger partial charge in [-0.3, -0.25) is 0 Å². The summed E-state index contributed by atoms with van der Waals surface area (Å²) in [6.45, 7) is 28.9. The Balaban J connectivity index is 1.92. The minimum atomic E-state index is 0.545. The van der Waals surface area contributed by atoms with Crippen LogP contribution in [0.2, 0.25) is 0 Å². The molecule has 1 N–H and O–H groups in total. The molecule has 0 saturated carbocycles. The first kappa shape index (κ1) is 34.7. The molecule has 6 unspecified atom stereocenters. The second kappa shape index (κ2) is 15.8. The number of aryl methyl sites for hydroxylation is 2. The van der Waals surface area contributed by atoms with Gasteiger partial charge in [0.1, 0.15) is 0 Å². The van der Waals surface area contributed by atoms with Crippen LogP contribution in [0.4, 0.5) is 11.4 Å².